The number of hydrogen-bond acceptors (Lipinski definition) is 4. The Labute approximate surface area is 124 Å². The number of aliphatic hydroxyl groups is 1. The van der Waals surface area contributed by atoms with E-state index in [4.69, 9.17) is 4.74 Å². The minimum Gasteiger partial charge on any atom is -0.394 e. The second kappa shape index (κ2) is 7.56. The summed E-state index contributed by atoms with van der Waals surface area (Å²) in [5.74, 6) is 0.521. The van der Waals surface area contributed by atoms with Crippen molar-refractivity contribution in [2.75, 3.05) is 13.2 Å². The van der Waals surface area contributed by atoms with Crippen LogP contribution in [0.4, 0.5) is 0 Å². The fraction of sp³-hybridized carbons (Fsp3) is 0.733. The van der Waals surface area contributed by atoms with Crippen molar-refractivity contribution in [2.24, 2.45) is 5.92 Å². The van der Waals surface area contributed by atoms with Crippen LogP contribution in [-0.4, -0.2) is 48.3 Å². The van der Waals surface area contributed by atoms with E-state index in [0.717, 1.165) is 6.54 Å². The van der Waals surface area contributed by atoms with Crippen molar-refractivity contribution in [1.29, 1.82) is 0 Å². The normalized spacial score (nSPS) is 28.2. The zero-order valence-corrected chi connectivity index (χ0v) is 12.4. The van der Waals surface area contributed by atoms with Gasteiger partial charge in [0.05, 0.1) is 25.2 Å². The Morgan fingerprint density at radius 2 is 2.05 bits per heavy atom. The Hall–Kier alpha value is -1.40. The molecule has 0 aromatic heterocycles. The number of rotatable bonds is 7. The van der Waals surface area contributed by atoms with Crippen LogP contribution in [0.3, 0.4) is 0 Å². The third kappa shape index (κ3) is 5.13. The Kier molecular flexibility index (Phi) is 5.76. The first-order chi connectivity index (χ1) is 10.1. The lowest BCUT2D eigenvalue weighted by Gasteiger charge is -2.31. The summed E-state index contributed by atoms with van der Waals surface area (Å²) in [4.78, 5) is 23.2. The molecule has 2 aliphatic rings. The van der Waals surface area contributed by atoms with Gasteiger partial charge >= 0.3 is 0 Å². The van der Waals surface area contributed by atoms with Crippen molar-refractivity contribution >= 4 is 11.8 Å². The molecule has 1 aliphatic carbocycles. The van der Waals surface area contributed by atoms with Crippen molar-refractivity contribution in [1.82, 2.24) is 10.6 Å². The van der Waals surface area contributed by atoms with Gasteiger partial charge in [0.2, 0.25) is 11.8 Å². The van der Waals surface area contributed by atoms with Crippen LogP contribution in [0.5, 0.6) is 0 Å². The summed E-state index contributed by atoms with van der Waals surface area (Å²) < 4.78 is 5.67. The van der Waals surface area contributed by atoms with Crippen molar-refractivity contribution in [3.8, 4) is 0 Å². The van der Waals surface area contributed by atoms with Gasteiger partial charge in [0.25, 0.3) is 0 Å². The van der Waals surface area contributed by atoms with Crippen LogP contribution in [0.1, 0.15) is 32.6 Å². The Morgan fingerprint density at radius 1 is 1.29 bits per heavy atom. The van der Waals surface area contributed by atoms with Crippen LogP contribution < -0.4 is 10.6 Å². The number of nitrogens with one attached hydrogen (secondary N) is 2. The highest BCUT2D eigenvalue weighted by atomic mass is 16.5. The molecule has 0 aromatic rings. The highest BCUT2D eigenvalue weighted by Crippen LogP contribution is 2.27. The van der Waals surface area contributed by atoms with Gasteiger partial charge in [-0.2, -0.15) is 0 Å². The average molecular weight is 296 g/mol. The van der Waals surface area contributed by atoms with Gasteiger partial charge in [0.15, 0.2) is 0 Å². The fourth-order valence-electron chi connectivity index (χ4n) is 2.26. The minimum atomic E-state index is -0.508. The van der Waals surface area contributed by atoms with Gasteiger partial charge in [-0.1, -0.05) is 19.1 Å². The summed E-state index contributed by atoms with van der Waals surface area (Å²) in [6.45, 7) is 2.32. The second-order valence-electron chi connectivity index (χ2n) is 5.68. The summed E-state index contributed by atoms with van der Waals surface area (Å²) in [7, 11) is 0. The van der Waals surface area contributed by atoms with Crippen LogP contribution >= 0.6 is 0 Å². The van der Waals surface area contributed by atoms with E-state index in [0.29, 0.717) is 12.3 Å². The molecule has 1 aliphatic heterocycles. The lowest BCUT2D eigenvalue weighted by Crippen LogP contribution is -2.49. The molecule has 0 bridgehead atoms. The van der Waals surface area contributed by atoms with Gasteiger partial charge in [-0.3, -0.25) is 9.59 Å². The predicted molar refractivity (Wildman–Crippen MR) is 77.5 cm³/mol. The van der Waals surface area contributed by atoms with E-state index >= 15 is 0 Å². The van der Waals surface area contributed by atoms with Crippen LogP contribution in [0, 0.1) is 5.92 Å². The molecule has 1 saturated carbocycles. The molecule has 0 unspecified atom stereocenters. The third-order valence-electron chi connectivity index (χ3n) is 3.78. The third-order valence-corrected chi connectivity index (χ3v) is 3.78. The molecule has 0 aromatic carbocycles. The first-order valence-corrected chi connectivity index (χ1v) is 7.63. The fourth-order valence-corrected chi connectivity index (χ4v) is 2.26. The first-order valence-electron chi connectivity index (χ1n) is 7.63. The van der Waals surface area contributed by atoms with E-state index in [2.05, 4.69) is 10.6 Å². The highest BCUT2D eigenvalue weighted by molar-refractivity contribution is 5.77. The second-order valence-corrected chi connectivity index (χ2v) is 5.68. The SMILES string of the molecule is CCC(=O)N[C@@H]1C=C[C@@H](CC(=O)NCC2CC2)O[C@@H]1CO. The number of aliphatic hydroxyl groups excluding tert-OH is 1. The zero-order valence-electron chi connectivity index (χ0n) is 12.4. The highest BCUT2D eigenvalue weighted by Gasteiger charge is 2.29. The molecular formula is C15H24N2O4. The monoisotopic (exact) mass is 296 g/mol. The molecular weight excluding hydrogens is 272 g/mol. The van der Waals surface area contributed by atoms with Crippen molar-refractivity contribution < 1.29 is 19.4 Å². The number of carbonyl (C=O) groups excluding carboxylic acids is 2. The number of carbonyl (C=O) groups is 2. The number of ether oxygens (including phenoxy) is 1. The topological polar surface area (TPSA) is 87.7 Å². The largest absolute Gasteiger partial charge is 0.394 e. The quantitative estimate of drug-likeness (QED) is 0.582. The van der Waals surface area contributed by atoms with E-state index in [1.54, 1.807) is 19.1 Å². The van der Waals surface area contributed by atoms with E-state index in [1.807, 2.05) is 0 Å². The molecule has 2 amide bonds. The summed E-state index contributed by atoms with van der Waals surface area (Å²) in [5, 5.41) is 15.0. The molecule has 0 saturated heterocycles. The molecule has 21 heavy (non-hydrogen) atoms. The average Bonchev–Trinajstić information content (AvgIpc) is 3.30. The molecule has 0 spiro atoms. The summed E-state index contributed by atoms with van der Waals surface area (Å²) >= 11 is 0. The van der Waals surface area contributed by atoms with Crippen LogP contribution in [0.25, 0.3) is 0 Å². The van der Waals surface area contributed by atoms with Gasteiger partial charge in [0.1, 0.15) is 6.10 Å². The lowest BCUT2D eigenvalue weighted by molar-refractivity contribution is -0.128. The predicted octanol–water partition coefficient (Wildman–Crippen LogP) is 0.113. The molecule has 3 N–H and O–H groups in total. The van der Waals surface area contributed by atoms with E-state index in [9.17, 15) is 14.7 Å². The van der Waals surface area contributed by atoms with Gasteiger partial charge in [-0.05, 0) is 18.8 Å². The maximum absolute atomic E-state index is 11.8. The molecule has 1 heterocycles. The standard InChI is InChI=1S/C15H24N2O4/c1-2-14(19)17-12-6-5-11(21-13(12)9-18)7-15(20)16-8-10-3-4-10/h5-6,10-13,18H,2-4,7-9H2,1H3,(H,16,20)(H,17,19)/t11-,12+,13+/m0/s1. The summed E-state index contributed by atoms with van der Waals surface area (Å²) in [5.41, 5.74) is 0. The summed E-state index contributed by atoms with van der Waals surface area (Å²) in [6.07, 6.45) is 5.75. The molecule has 6 heteroatoms. The van der Waals surface area contributed by atoms with Crippen molar-refractivity contribution in [3.05, 3.63) is 12.2 Å². The van der Waals surface area contributed by atoms with Gasteiger partial charge < -0.3 is 20.5 Å². The molecule has 1 fully saturated rings. The molecule has 0 radical (unpaired) electrons. The maximum atomic E-state index is 11.8. The molecule has 3 atom stereocenters. The lowest BCUT2D eigenvalue weighted by atomic mass is 10.0. The number of amides is 2. The minimum absolute atomic E-state index is 0.0377. The Balaban J connectivity index is 1.80. The van der Waals surface area contributed by atoms with Gasteiger partial charge in [0, 0.05) is 13.0 Å². The zero-order chi connectivity index (χ0) is 15.2. The van der Waals surface area contributed by atoms with Crippen LogP contribution in [0.15, 0.2) is 12.2 Å². The Morgan fingerprint density at radius 3 is 2.67 bits per heavy atom. The smallest absolute Gasteiger partial charge is 0.222 e. The van der Waals surface area contributed by atoms with Gasteiger partial charge in [-0.15, -0.1) is 0 Å². The number of hydrogen-bond donors (Lipinski definition) is 3. The van der Waals surface area contributed by atoms with E-state index < -0.39 is 6.10 Å². The molecule has 6 nitrogen and oxygen atoms in total. The van der Waals surface area contributed by atoms with E-state index in [-0.39, 0.29) is 37.0 Å². The van der Waals surface area contributed by atoms with E-state index in [1.165, 1.54) is 12.8 Å². The van der Waals surface area contributed by atoms with Crippen LogP contribution in [-0.2, 0) is 14.3 Å². The molecule has 2 rings (SSSR count). The van der Waals surface area contributed by atoms with Crippen molar-refractivity contribution in [3.63, 3.8) is 0 Å². The first kappa shape index (κ1) is 16.0. The summed E-state index contributed by atoms with van der Waals surface area (Å²) in [6, 6.07) is -0.340. The van der Waals surface area contributed by atoms with Crippen molar-refractivity contribution in [2.45, 2.75) is 50.9 Å². The molecule has 118 valence electrons. The maximum Gasteiger partial charge on any atom is 0.222 e. The van der Waals surface area contributed by atoms with Crippen LogP contribution in [0.2, 0.25) is 0 Å². The Bertz CT molecular complexity index is 406. The van der Waals surface area contributed by atoms with Gasteiger partial charge in [-0.25, -0.2) is 0 Å².